The largest absolute Gasteiger partial charge is 0.207 e. The molecule has 0 aliphatic rings. The van der Waals surface area contributed by atoms with Crippen LogP contribution in [0.15, 0.2) is 48.5 Å². The van der Waals surface area contributed by atoms with E-state index in [0.717, 1.165) is 12.0 Å². The summed E-state index contributed by atoms with van der Waals surface area (Å²) in [5.41, 5.74) is 3.04. The monoisotopic (exact) mass is 310 g/mol. The number of alkyl halides is 2. The van der Waals surface area contributed by atoms with E-state index >= 15 is 0 Å². The Morgan fingerprint density at radius 1 is 0.950 bits per heavy atom. The Labute approximate surface area is 129 Å². The van der Waals surface area contributed by atoms with E-state index in [-0.39, 0.29) is 11.2 Å². The molecule has 0 N–H and O–H groups in total. The van der Waals surface area contributed by atoms with Gasteiger partial charge in [-0.05, 0) is 42.2 Å². The number of halogens is 3. The van der Waals surface area contributed by atoms with Crippen molar-refractivity contribution in [1.29, 1.82) is 0 Å². The van der Waals surface area contributed by atoms with Gasteiger partial charge < -0.3 is 0 Å². The van der Waals surface area contributed by atoms with Crippen LogP contribution in [0, 0.1) is 12.7 Å². The quantitative estimate of drug-likeness (QED) is 0.675. The molecule has 0 saturated heterocycles. The first-order valence-electron chi connectivity index (χ1n) is 6.54. The van der Waals surface area contributed by atoms with Crippen LogP contribution >= 0.6 is 23.2 Å². The Morgan fingerprint density at radius 3 is 2.10 bits per heavy atom. The molecule has 0 bridgehead atoms. The number of aryl methyl sites for hydroxylation is 1. The minimum atomic E-state index is -0.372. The van der Waals surface area contributed by atoms with Gasteiger partial charge in [0.05, 0.1) is 0 Å². The maximum atomic E-state index is 13.1. The zero-order chi connectivity index (χ0) is 14.6. The molecule has 3 heteroatoms. The molecule has 0 aromatic heterocycles. The molecular weight excluding hydrogens is 294 g/mol. The fraction of sp³-hybridized carbons (Fsp3) is 0.294. The Kier molecular flexibility index (Phi) is 5.06. The topological polar surface area (TPSA) is 0 Å². The van der Waals surface area contributed by atoms with Crippen molar-refractivity contribution in [2.45, 2.75) is 18.8 Å². The molecule has 0 atom stereocenters. The molecular formula is C17H17Cl2F. The van der Waals surface area contributed by atoms with Gasteiger partial charge in [0.25, 0.3) is 0 Å². The van der Waals surface area contributed by atoms with Crippen LogP contribution in [0.2, 0.25) is 0 Å². The predicted molar refractivity (Wildman–Crippen MR) is 84.4 cm³/mol. The van der Waals surface area contributed by atoms with Gasteiger partial charge in [0.15, 0.2) is 0 Å². The molecule has 0 saturated carbocycles. The van der Waals surface area contributed by atoms with E-state index in [0.29, 0.717) is 11.8 Å². The molecule has 0 unspecified atom stereocenters. The zero-order valence-electron chi connectivity index (χ0n) is 11.4. The third-order valence-electron chi connectivity index (χ3n) is 3.76. The molecule has 0 radical (unpaired) electrons. The van der Waals surface area contributed by atoms with E-state index in [1.165, 1.54) is 23.3 Å². The van der Waals surface area contributed by atoms with Crippen molar-refractivity contribution in [1.82, 2.24) is 0 Å². The predicted octanol–water partition coefficient (Wildman–Crippen LogP) is 5.09. The highest BCUT2D eigenvalue weighted by atomic mass is 35.5. The number of rotatable bonds is 5. The summed E-state index contributed by atoms with van der Waals surface area (Å²) in [6.07, 6.45) is 0.748. The lowest BCUT2D eigenvalue weighted by Crippen LogP contribution is -2.33. The van der Waals surface area contributed by atoms with E-state index < -0.39 is 0 Å². The first-order valence-corrected chi connectivity index (χ1v) is 7.61. The molecule has 0 nitrogen and oxygen atoms in total. The summed E-state index contributed by atoms with van der Waals surface area (Å²) in [6.45, 7) is 2.08. The smallest absolute Gasteiger partial charge is 0.123 e. The molecule has 106 valence electrons. The molecule has 0 heterocycles. The SMILES string of the molecule is Cc1ccccc1CC(CCl)(CCl)c1ccc(F)cc1. The third-order valence-corrected chi connectivity index (χ3v) is 4.78. The van der Waals surface area contributed by atoms with Gasteiger partial charge in [-0.2, -0.15) is 0 Å². The van der Waals surface area contributed by atoms with E-state index in [1.54, 1.807) is 12.1 Å². The second-order valence-corrected chi connectivity index (χ2v) is 5.69. The molecule has 20 heavy (non-hydrogen) atoms. The van der Waals surface area contributed by atoms with Crippen LogP contribution in [0.5, 0.6) is 0 Å². The maximum Gasteiger partial charge on any atom is 0.123 e. The van der Waals surface area contributed by atoms with Crippen molar-refractivity contribution in [3.8, 4) is 0 Å². The van der Waals surface area contributed by atoms with Crippen LogP contribution < -0.4 is 0 Å². The van der Waals surface area contributed by atoms with Crippen LogP contribution in [0.3, 0.4) is 0 Å². The van der Waals surface area contributed by atoms with Crippen LogP contribution in [0.25, 0.3) is 0 Å². The van der Waals surface area contributed by atoms with Crippen LogP contribution in [-0.4, -0.2) is 11.8 Å². The van der Waals surface area contributed by atoms with Crippen molar-refractivity contribution >= 4 is 23.2 Å². The Balaban J connectivity index is 2.39. The fourth-order valence-corrected chi connectivity index (χ4v) is 3.15. The van der Waals surface area contributed by atoms with Crippen molar-refractivity contribution in [2.75, 3.05) is 11.8 Å². The lowest BCUT2D eigenvalue weighted by molar-refractivity contribution is 0.532. The van der Waals surface area contributed by atoms with Crippen molar-refractivity contribution in [2.24, 2.45) is 0 Å². The summed E-state index contributed by atoms with van der Waals surface area (Å²) in [6, 6.07) is 14.7. The highest BCUT2D eigenvalue weighted by Gasteiger charge is 2.31. The summed E-state index contributed by atoms with van der Waals surface area (Å²) in [4.78, 5) is 0. The number of benzene rings is 2. The fourth-order valence-electron chi connectivity index (χ4n) is 2.36. The molecule has 0 fully saturated rings. The van der Waals surface area contributed by atoms with Crippen molar-refractivity contribution in [3.05, 3.63) is 71.0 Å². The molecule has 2 aromatic carbocycles. The third kappa shape index (κ3) is 3.16. The Morgan fingerprint density at radius 2 is 1.55 bits per heavy atom. The molecule has 2 rings (SSSR count). The molecule has 2 aromatic rings. The Hall–Kier alpha value is -1.05. The van der Waals surface area contributed by atoms with Gasteiger partial charge in [0.2, 0.25) is 0 Å². The second kappa shape index (κ2) is 6.60. The summed E-state index contributed by atoms with van der Waals surface area (Å²) in [5.74, 6) is 0.551. The standard InChI is InChI=1S/C17H17Cl2F/c1-13-4-2-3-5-14(13)10-17(11-18,12-19)15-6-8-16(20)9-7-15/h2-9H,10-12H2,1H3. The van der Waals surface area contributed by atoms with Gasteiger partial charge in [-0.1, -0.05) is 36.4 Å². The van der Waals surface area contributed by atoms with E-state index in [2.05, 4.69) is 19.1 Å². The first kappa shape index (κ1) is 15.3. The van der Waals surface area contributed by atoms with Gasteiger partial charge in [0, 0.05) is 17.2 Å². The second-order valence-electron chi connectivity index (χ2n) is 5.16. The van der Waals surface area contributed by atoms with Crippen LogP contribution in [-0.2, 0) is 11.8 Å². The van der Waals surface area contributed by atoms with Gasteiger partial charge >= 0.3 is 0 Å². The molecule has 0 spiro atoms. The molecule has 0 aliphatic heterocycles. The first-order chi connectivity index (χ1) is 9.61. The van der Waals surface area contributed by atoms with E-state index in [9.17, 15) is 4.39 Å². The van der Waals surface area contributed by atoms with Crippen LogP contribution in [0.1, 0.15) is 16.7 Å². The van der Waals surface area contributed by atoms with Crippen molar-refractivity contribution < 1.29 is 4.39 Å². The minimum Gasteiger partial charge on any atom is -0.207 e. The minimum absolute atomic E-state index is 0.248. The van der Waals surface area contributed by atoms with Gasteiger partial charge in [-0.25, -0.2) is 4.39 Å². The van der Waals surface area contributed by atoms with E-state index in [4.69, 9.17) is 23.2 Å². The molecule has 0 amide bonds. The number of hydrogen-bond donors (Lipinski definition) is 0. The Bertz CT molecular complexity index is 559. The summed E-state index contributed by atoms with van der Waals surface area (Å²) in [5, 5.41) is 0. The average molecular weight is 311 g/mol. The maximum absolute atomic E-state index is 13.1. The molecule has 0 aliphatic carbocycles. The lowest BCUT2D eigenvalue weighted by atomic mass is 9.78. The highest BCUT2D eigenvalue weighted by Crippen LogP contribution is 2.32. The van der Waals surface area contributed by atoms with Gasteiger partial charge in [-0.3, -0.25) is 0 Å². The highest BCUT2D eigenvalue weighted by molar-refractivity contribution is 6.22. The summed E-state index contributed by atoms with van der Waals surface area (Å²) in [7, 11) is 0. The zero-order valence-corrected chi connectivity index (χ0v) is 12.9. The van der Waals surface area contributed by atoms with Gasteiger partial charge in [0.1, 0.15) is 5.82 Å². The lowest BCUT2D eigenvalue weighted by Gasteiger charge is -2.31. The average Bonchev–Trinajstić information content (AvgIpc) is 2.48. The van der Waals surface area contributed by atoms with E-state index in [1.807, 2.05) is 12.1 Å². The number of hydrogen-bond acceptors (Lipinski definition) is 0. The summed E-state index contributed by atoms with van der Waals surface area (Å²) < 4.78 is 13.1. The van der Waals surface area contributed by atoms with Crippen molar-refractivity contribution in [3.63, 3.8) is 0 Å². The van der Waals surface area contributed by atoms with Crippen LogP contribution in [0.4, 0.5) is 4.39 Å². The normalized spacial score (nSPS) is 11.6. The van der Waals surface area contributed by atoms with Gasteiger partial charge in [-0.15, -0.1) is 23.2 Å². The summed E-state index contributed by atoms with van der Waals surface area (Å²) >= 11 is 12.4.